The van der Waals surface area contributed by atoms with Crippen molar-refractivity contribution in [2.75, 3.05) is 13.7 Å². The molecule has 0 radical (unpaired) electrons. The van der Waals surface area contributed by atoms with Crippen molar-refractivity contribution < 1.29 is 14.3 Å². The van der Waals surface area contributed by atoms with Crippen LogP contribution in [0.1, 0.15) is 38.4 Å². The lowest BCUT2D eigenvalue weighted by Gasteiger charge is -2.20. The average Bonchev–Trinajstić information content (AvgIpc) is 3.09. The van der Waals surface area contributed by atoms with Crippen LogP contribution in [0.25, 0.3) is 0 Å². The van der Waals surface area contributed by atoms with Crippen LogP contribution in [0.2, 0.25) is 0 Å². The fourth-order valence-electron chi connectivity index (χ4n) is 2.28. The third-order valence-corrected chi connectivity index (χ3v) is 3.70. The summed E-state index contributed by atoms with van der Waals surface area (Å²) in [4.78, 5) is 16.3. The Morgan fingerprint density at radius 3 is 2.74 bits per heavy atom. The molecule has 6 heteroatoms. The van der Waals surface area contributed by atoms with E-state index in [1.54, 1.807) is 30.4 Å². The molecule has 0 spiro atoms. The Balaban J connectivity index is 2.08. The maximum absolute atomic E-state index is 12.3. The number of hydrogen-bond donors (Lipinski definition) is 1. The van der Waals surface area contributed by atoms with Crippen molar-refractivity contribution in [3.8, 4) is 11.5 Å². The van der Waals surface area contributed by atoms with E-state index in [1.165, 1.54) is 0 Å². The molecule has 1 aromatic carbocycles. The number of hydrogen-bond acceptors (Lipinski definition) is 4. The predicted molar refractivity (Wildman–Crippen MR) is 87.7 cm³/mol. The molecule has 0 aliphatic carbocycles. The fourth-order valence-corrected chi connectivity index (χ4v) is 2.28. The lowest BCUT2D eigenvalue weighted by Crippen LogP contribution is -2.32. The van der Waals surface area contributed by atoms with Gasteiger partial charge < -0.3 is 19.4 Å². The van der Waals surface area contributed by atoms with Crippen molar-refractivity contribution in [1.29, 1.82) is 0 Å². The van der Waals surface area contributed by atoms with E-state index < -0.39 is 0 Å². The van der Waals surface area contributed by atoms with Gasteiger partial charge in [-0.3, -0.25) is 4.79 Å². The highest BCUT2D eigenvalue weighted by Gasteiger charge is 2.18. The van der Waals surface area contributed by atoms with Crippen LogP contribution in [0.4, 0.5) is 0 Å². The normalized spacial score (nSPS) is 13.2. The third kappa shape index (κ3) is 4.03. The summed E-state index contributed by atoms with van der Waals surface area (Å²) in [7, 11) is 1.60. The van der Waals surface area contributed by atoms with Gasteiger partial charge in [0.2, 0.25) is 5.91 Å². The lowest BCUT2D eigenvalue weighted by molar-refractivity contribution is -0.124. The molecule has 0 fully saturated rings. The van der Waals surface area contributed by atoms with E-state index in [4.69, 9.17) is 9.47 Å². The monoisotopic (exact) mass is 317 g/mol. The van der Waals surface area contributed by atoms with Crippen LogP contribution in [0, 0.1) is 0 Å². The number of ether oxygens (including phenoxy) is 2. The minimum absolute atomic E-state index is 0.0663. The Labute approximate surface area is 136 Å². The minimum atomic E-state index is -0.315. The van der Waals surface area contributed by atoms with E-state index in [1.807, 2.05) is 39.0 Å². The summed E-state index contributed by atoms with van der Waals surface area (Å²) in [5.74, 6) is 1.29. The van der Waals surface area contributed by atoms with Gasteiger partial charge in [-0.05, 0) is 38.5 Å². The Hall–Kier alpha value is -2.50. The third-order valence-electron chi connectivity index (χ3n) is 3.70. The van der Waals surface area contributed by atoms with Gasteiger partial charge in [-0.15, -0.1) is 0 Å². The van der Waals surface area contributed by atoms with E-state index >= 15 is 0 Å². The first-order valence-corrected chi connectivity index (χ1v) is 7.65. The molecule has 2 aromatic rings. The Morgan fingerprint density at radius 1 is 1.35 bits per heavy atom. The highest BCUT2D eigenvalue weighted by atomic mass is 16.5. The summed E-state index contributed by atoms with van der Waals surface area (Å²) in [5.41, 5.74) is 0.955. The van der Waals surface area contributed by atoms with E-state index in [-0.39, 0.29) is 18.0 Å². The molecule has 0 saturated heterocycles. The maximum atomic E-state index is 12.3. The molecular formula is C17H23N3O3. The van der Waals surface area contributed by atoms with Crippen molar-refractivity contribution in [2.24, 2.45) is 0 Å². The first-order chi connectivity index (χ1) is 11.1. The van der Waals surface area contributed by atoms with Gasteiger partial charge in [-0.2, -0.15) is 0 Å². The molecule has 1 amide bonds. The molecule has 0 aliphatic rings. The van der Waals surface area contributed by atoms with Gasteiger partial charge in [0, 0.05) is 12.4 Å². The summed E-state index contributed by atoms with van der Waals surface area (Å²) in [6.45, 7) is 6.27. The number of amides is 1. The second-order valence-corrected chi connectivity index (χ2v) is 5.26. The van der Waals surface area contributed by atoms with Crippen molar-refractivity contribution >= 4 is 5.91 Å². The van der Waals surface area contributed by atoms with E-state index in [0.29, 0.717) is 18.1 Å². The van der Waals surface area contributed by atoms with Crippen molar-refractivity contribution in [3.05, 3.63) is 42.5 Å². The van der Waals surface area contributed by atoms with Gasteiger partial charge in [0.15, 0.2) is 11.5 Å². The number of aromatic nitrogens is 2. The van der Waals surface area contributed by atoms with Crippen LogP contribution >= 0.6 is 0 Å². The van der Waals surface area contributed by atoms with Gasteiger partial charge in [0.05, 0.1) is 26.1 Å². The second kappa shape index (κ2) is 7.67. The van der Waals surface area contributed by atoms with Gasteiger partial charge in [0.1, 0.15) is 6.04 Å². The first-order valence-electron chi connectivity index (χ1n) is 7.65. The number of carbonyl (C=O) groups is 1. The van der Waals surface area contributed by atoms with Crippen LogP contribution < -0.4 is 14.8 Å². The van der Waals surface area contributed by atoms with Crippen LogP contribution in [0.3, 0.4) is 0 Å². The number of methoxy groups -OCH3 is 1. The summed E-state index contributed by atoms with van der Waals surface area (Å²) in [5, 5.41) is 3.00. The number of rotatable bonds is 7. The number of nitrogens with zero attached hydrogens (tertiary/aromatic N) is 2. The average molecular weight is 317 g/mol. The van der Waals surface area contributed by atoms with Crippen molar-refractivity contribution in [1.82, 2.24) is 14.9 Å². The molecule has 1 heterocycles. The lowest BCUT2D eigenvalue weighted by atomic mass is 10.1. The number of benzene rings is 1. The van der Waals surface area contributed by atoms with Gasteiger partial charge >= 0.3 is 0 Å². The smallest absolute Gasteiger partial charge is 0.243 e. The summed E-state index contributed by atoms with van der Waals surface area (Å²) < 4.78 is 12.6. The Morgan fingerprint density at radius 2 is 2.13 bits per heavy atom. The zero-order valence-corrected chi connectivity index (χ0v) is 13.9. The molecule has 0 aliphatic heterocycles. The topological polar surface area (TPSA) is 65.4 Å². The summed E-state index contributed by atoms with van der Waals surface area (Å²) in [6.07, 6.45) is 5.06. The highest BCUT2D eigenvalue weighted by Crippen LogP contribution is 2.30. The van der Waals surface area contributed by atoms with Crippen LogP contribution in [0.15, 0.2) is 36.9 Å². The quantitative estimate of drug-likeness (QED) is 0.853. The van der Waals surface area contributed by atoms with Crippen molar-refractivity contribution in [3.63, 3.8) is 0 Å². The molecule has 0 unspecified atom stereocenters. The second-order valence-electron chi connectivity index (χ2n) is 5.26. The van der Waals surface area contributed by atoms with Crippen molar-refractivity contribution in [2.45, 2.75) is 32.9 Å². The molecule has 124 valence electrons. The highest BCUT2D eigenvalue weighted by molar-refractivity contribution is 5.80. The molecule has 1 aromatic heterocycles. The molecule has 2 atom stereocenters. The van der Waals surface area contributed by atoms with Gasteiger partial charge in [-0.1, -0.05) is 6.07 Å². The molecule has 6 nitrogen and oxygen atoms in total. The fraction of sp³-hybridized carbons (Fsp3) is 0.412. The standard InChI is InChI=1S/C17H23N3O3/c1-5-23-15-7-6-14(10-16(15)22-4)12(2)19-17(21)13(3)20-9-8-18-11-20/h6-13H,5H2,1-4H3,(H,19,21)/t12-,13+/m0/s1. The Kier molecular flexibility index (Phi) is 5.62. The Bertz CT molecular complexity index is 641. The number of carbonyl (C=O) groups excluding carboxylic acids is 1. The first kappa shape index (κ1) is 16.9. The zero-order valence-electron chi connectivity index (χ0n) is 13.9. The largest absolute Gasteiger partial charge is 0.493 e. The molecule has 0 saturated carbocycles. The van der Waals surface area contributed by atoms with Crippen LogP contribution in [-0.2, 0) is 4.79 Å². The van der Waals surface area contributed by atoms with Crippen LogP contribution in [-0.4, -0.2) is 29.2 Å². The number of nitrogens with one attached hydrogen (secondary N) is 1. The number of imidazole rings is 1. The van der Waals surface area contributed by atoms with E-state index in [0.717, 1.165) is 5.56 Å². The minimum Gasteiger partial charge on any atom is -0.493 e. The summed E-state index contributed by atoms with van der Waals surface area (Å²) in [6, 6.07) is 5.22. The molecular weight excluding hydrogens is 294 g/mol. The zero-order chi connectivity index (χ0) is 16.8. The molecule has 0 bridgehead atoms. The summed E-state index contributed by atoms with van der Waals surface area (Å²) >= 11 is 0. The maximum Gasteiger partial charge on any atom is 0.243 e. The molecule has 23 heavy (non-hydrogen) atoms. The van der Waals surface area contributed by atoms with Crippen LogP contribution in [0.5, 0.6) is 11.5 Å². The SMILES string of the molecule is CCOc1ccc([C@H](C)NC(=O)[C@@H](C)n2ccnc2)cc1OC. The van der Waals surface area contributed by atoms with E-state index in [2.05, 4.69) is 10.3 Å². The predicted octanol–water partition coefficient (Wildman–Crippen LogP) is 2.73. The van der Waals surface area contributed by atoms with Gasteiger partial charge in [0.25, 0.3) is 0 Å². The van der Waals surface area contributed by atoms with Gasteiger partial charge in [-0.25, -0.2) is 4.98 Å². The van der Waals surface area contributed by atoms with E-state index in [9.17, 15) is 4.79 Å². The molecule has 1 N–H and O–H groups in total. The molecule has 2 rings (SSSR count).